The van der Waals surface area contributed by atoms with Crippen LogP contribution < -0.4 is 5.32 Å². The predicted molar refractivity (Wildman–Crippen MR) is 117 cm³/mol. The van der Waals surface area contributed by atoms with Gasteiger partial charge in [0.1, 0.15) is 11.6 Å². The highest BCUT2D eigenvalue weighted by atomic mass is 19.3. The second kappa shape index (κ2) is 9.19. The summed E-state index contributed by atoms with van der Waals surface area (Å²) in [5.74, 6) is -3.45. The van der Waals surface area contributed by atoms with Gasteiger partial charge in [-0.1, -0.05) is 24.3 Å². The summed E-state index contributed by atoms with van der Waals surface area (Å²) < 4.78 is 28.5. The monoisotopic (exact) mass is 449 g/mol. The number of nitrogens with one attached hydrogen (secondary N) is 1. The van der Waals surface area contributed by atoms with Crippen molar-refractivity contribution < 1.29 is 13.6 Å². The third-order valence-electron chi connectivity index (χ3n) is 4.79. The van der Waals surface area contributed by atoms with Gasteiger partial charge >= 0.3 is 5.92 Å². The molecule has 1 aromatic carbocycles. The molecule has 0 spiro atoms. The van der Waals surface area contributed by atoms with Gasteiger partial charge in [0.2, 0.25) is 11.7 Å². The van der Waals surface area contributed by atoms with Crippen LogP contribution >= 0.6 is 0 Å². The van der Waals surface area contributed by atoms with E-state index in [4.69, 9.17) is 0 Å². The quantitative estimate of drug-likeness (QED) is 0.463. The van der Waals surface area contributed by atoms with Gasteiger partial charge in [-0.2, -0.15) is 13.9 Å². The molecule has 3 aromatic heterocycles. The van der Waals surface area contributed by atoms with Crippen molar-refractivity contribution in [2.24, 2.45) is 7.05 Å². The molecule has 0 aliphatic rings. The third kappa shape index (κ3) is 5.79. The maximum absolute atomic E-state index is 13.4. The van der Waals surface area contributed by atoms with Gasteiger partial charge in [0.05, 0.1) is 12.6 Å². The Bertz CT molecular complexity index is 1250. The lowest BCUT2D eigenvalue weighted by Gasteiger charge is -2.10. The van der Waals surface area contributed by atoms with Crippen molar-refractivity contribution in [3.05, 3.63) is 84.1 Å². The largest absolute Gasteiger partial charge is 0.310 e. The number of amides is 1. The molecule has 0 unspecified atom stereocenters. The number of carbonyl (C=O) groups is 1. The van der Waals surface area contributed by atoms with Crippen LogP contribution in [-0.4, -0.2) is 35.6 Å². The van der Waals surface area contributed by atoms with Gasteiger partial charge in [-0.25, -0.2) is 19.9 Å². The minimum Gasteiger partial charge on any atom is -0.310 e. The average Bonchev–Trinajstić information content (AvgIpc) is 3.19. The van der Waals surface area contributed by atoms with Gasteiger partial charge in [0.15, 0.2) is 0 Å². The van der Waals surface area contributed by atoms with Gasteiger partial charge in [0, 0.05) is 50.7 Å². The molecule has 3 heterocycles. The Morgan fingerprint density at radius 3 is 2.36 bits per heavy atom. The van der Waals surface area contributed by atoms with Crippen LogP contribution in [0, 0.1) is 0 Å². The van der Waals surface area contributed by atoms with Crippen LogP contribution in [0.15, 0.2) is 61.3 Å². The molecule has 4 rings (SSSR count). The highest BCUT2D eigenvalue weighted by molar-refractivity contribution is 5.91. The topological polar surface area (TPSA) is 98.5 Å². The van der Waals surface area contributed by atoms with E-state index in [1.807, 2.05) is 37.5 Å². The minimum absolute atomic E-state index is 0.0340. The number of nitrogens with zero attached hydrogens (tertiary/aromatic N) is 6. The normalized spacial score (nSPS) is 11.4. The first-order valence-electron chi connectivity index (χ1n) is 10.2. The lowest BCUT2D eigenvalue weighted by molar-refractivity contribution is -0.115. The van der Waals surface area contributed by atoms with Crippen molar-refractivity contribution >= 4 is 11.7 Å². The van der Waals surface area contributed by atoms with E-state index in [2.05, 4.69) is 30.4 Å². The lowest BCUT2D eigenvalue weighted by atomic mass is 10.0. The van der Waals surface area contributed by atoms with Gasteiger partial charge < -0.3 is 5.32 Å². The molecule has 0 radical (unpaired) electrons. The first-order valence-corrected chi connectivity index (χ1v) is 10.2. The lowest BCUT2D eigenvalue weighted by Crippen LogP contribution is -2.18. The van der Waals surface area contributed by atoms with Crippen LogP contribution in [0.2, 0.25) is 0 Å². The summed E-state index contributed by atoms with van der Waals surface area (Å²) in [6, 6.07) is 8.77. The fourth-order valence-corrected chi connectivity index (χ4v) is 3.17. The number of rotatable bonds is 7. The Balaban J connectivity index is 1.36. The Morgan fingerprint density at radius 2 is 1.73 bits per heavy atom. The maximum atomic E-state index is 13.4. The van der Waals surface area contributed by atoms with E-state index < -0.39 is 11.7 Å². The van der Waals surface area contributed by atoms with Gasteiger partial charge in [-0.05, 0) is 22.8 Å². The fraction of sp³-hybridized carbons (Fsp3) is 0.217. The number of anilines is 1. The molecule has 0 aliphatic carbocycles. The summed E-state index contributed by atoms with van der Waals surface area (Å²) in [4.78, 5) is 28.4. The molecular weight excluding hydrogens is 428 g/mol. The summed E-state index contributed by atoms with van der Waals surface area (Å²) in [7, 11) is 1.86. The van der Waals surface area contributed by atoms with E-state index in [0.717, 1.165) is 22.3 Å². The van der Waals surface area contributed by atoms with E-state index >= 15 is 0 Å². The standard InChI is InChI=1S/C23H21F2N7O/c1-23(24,25)22-26-8-7-19(31-22)30-21(33)10-15-3-5-17(6-4-15)18-12-27-20(28-13-18)9-16-11-29-32(2)14-16/h3-8,11-14H,9-10H2,1-2H3,(H,26,30,31,33). The second-order valence-electron chi connectivity index (χ2n) is 7.66. The zero-order chi connectivity index (χ0) is 23.4. The molecule has 1 amide bonds. The van der Waals surface area contributed by atoms with Gasteiger partial charge in [0.25, 0.3) is 0 Å². The molecule has 0 aliphatic heterocycles. The Labute approximate surface area is 188 Å². The minimum atomic E-state index is -3.18. The van der Waals surface area contributed by atoms with Crippen LogP contribution in [0.3, 0.4) is 0 Å². The summed E-state index contributed by atoms with van der Waals surface area (Å²) in [6.07, 6.45) is 9.10. The molecule has 0 atom stereocenters. The van der Waals surface area contributed by atoms with Crippen LogP contribution in [-0.2, 0) is 30.6 Å². The number of aromatic nitrogens is 6. The van der Waals surface area contributed by atoms with Crippen LogP contribution in [0.25, 0.3) is 11.1 Å². The summed E-state index contributed by atoms with van der Waals surface area (Å²) >= 11 is 0. The molecular formula is C23H21F2N7O. The van der Waals surface area contributed by atoms with Crippen molar-refractivity contribution in [3.63, 3.8) is 0 Å². The molecule has 0 fully saturated rings. The number of halogens is 2. The van der Waals surface area contributed by atoms with E-state index in [1.54, 1.807) is 23.3 Å². The van der Waals surface area contributed by atoms with Crippen LogP contribution in [0.1, 0.15) is 29.7 Å². The number of aryl methyl sites for hydroxylation is 1. The Kier molecular flexibility index (Phi) is 6.16. The highest BCUT2D eigenvalue weighted by Crippen LogP contribution is 2.24. The number of alkyl halides is 2. The van der Waals surface area contributed by atoms with Crippen molar-refractivity contribution in [3.8, 4) is 11.1 Å². The Hall–Kier alpha value is -4.08. The van der Waals surface area contributed by atoms with E-state index in [0.29, 0.717) is 19.2 Å². The zero-order valence-electron chi connectivity index (χ0n) is 18.0. The first kappa shape index (κ1) is 22.1. The van der Waals surface area contributed by atoms with Crippen molar-refractivity contribution in [2.45, 2.75) is 25.7 Å². The van der Waals surface area contributed by atoms with Crippen LogP contribution in [0.5, 0.6) is 0 Å². The summed E-state index contributed by atoms with van der Waals surface area (Å²) in [6.45, 7) is 0.703. The van der Waals surface area contributed by atoms with E-state index in [9.17, 15) is 13.6 Å². The molecule has 0 saturated heterocycles. The molecule has 0 saturated carbocycles. The van der Waals surface area contributed by atoms with Gasteiger partial charge in [-0.3, -0.25) is 9.48 Å². The van der Waals surface area contributed by atoms with Crippen molar-refractivity contribution in [2.75, 3.05) is 5.32 Å². The highest BCUT2D eigenvalue weighted by Gasteiger charge is 2.28. The Morgan fingerprint density at radius 1 is 1.00 bits per heavy atom. The maximum Gasteiger partial charge on any atom is 0.303 e. The molecule has 4 aromatic rings. The summed E-state index contributed by atoms with van der Waals surface area (Å²) in [5.41, 5.74) is 3.57. The number of benzene rings is 1. The van der Waals surface area contributed by atoms with E-state index in [-0.39, 0.29) is 18.1 Å². The van der Waals surface area contributed by atoms with Crippen LogP contribution in [0.4, 0.5) is 14.6 Å². The number of hydrogen-bond acceptors (Lipinski definition) is 6. The number of carbonyl (C=O) groups excluding carboxylic acids is 1. The predicted octanol–water partition coefficient (Wildman–Crippen LogP) is 3.55. The number of hydrogen-bond donors (Lipinski definition) is 1. The molecule has 8 nitrogen and oxygen atoms in total. The third-order valence-corrected chi connectivity index (χ3v) is 4.79. The average molecular weight is 449 g/mol. The first-order chi connectivity index (χ1) is 15.8. The molecule has 33 heavy (non-hydrogen) atoms. The van der Waals surface area contributed by atoms with Gasteiger partial charge in [-0.15, -0.1) is 0 Å². The fourth-order valence-electron chi connectivity index (χ4n) is 3.17. The second-order valence-corrected chi connectivity index (χ2v) is 7.66. The molecule has 10 heteroatoms. The van der Waals surface area contributed by atoms with Crippen molar-refractivity contribution in [1.82, 2.24) is 29.7 Å². The SMILES string of the molecule is Cn1cc(Cc2ncc(-c3ccc(CC(=O)Nc4ccnc(C(C)(F)F)n4)cc3)cn2)cn1. The van der Waals surface area contributed by atoms with E-state index in [1.165, 1.54) is 12.3 Å². The molecule has 1 N–H and O–H groups in total. The summed E-state index contributed by atoms with van der Waals surface area (Å²) in [5, 5.41) is 6.67. The smallest absolute Gasteiger partial charge is 0.303 e. The molecule has 0 bridgehead atoms. The molecule has 168 valence electrons. The van der Waals surface area contributed by atoms with Crippen molar-refractivity contribution in [1.29, 1.82) is 0 Å². The zero-order valence-corrected chi connectivity index (χ0v) is 18.0.